The summed E-state index contributed by atoms with van der Waals surface area (Å²) in [6, 6.07) is 9.70. The van der Waals surface area contributed by atoms with Crippen LogP contribution in [-0.4, -0.2) is 27.4 Å². The van der Waals surface area contributed by atoms with Gasteiger partial charge in [-0.3, -0.25) is 4.84 Å². The number of benzene rings is 1. The van der Waals surface area contributed by atoms with Crippen LogP contribution < -0.4 is 11.2 Å². The van der Waals surface area contributed by atoms with E-state index in [0.717, 1.165) is 18.4 Å². The molecule has 21 heavy (non-hydrogen) atoms. The molecule has 5 heteroatoms. The fraction of sp³-hybridized carbons (Fsp3) is 0.625. The van der Waals surface area contributed by atoms with Gasteiger partial charge >= 0.3 is 0 Å². The highest BCUT2D eigenvalue weighted by atomic mass is 127. The Morgan fingerprint density at radius 1 is 1.24 bits per heavy atom. The molecule has 0 spiro atoms. The molecule has 4 nitrogen and oxygen atoms in total. The normalized spacial score (nSPS) is 20.9. The molecule has 1 fully saturated rings. The molecule has 2 rings (SSSR count). The number of rotatable bonds is 7. The average Bonchev–Trinajstić information content (AvgIpc) is 2.53. The summed E-state index contributed by atoms with van der Waals surface area (Å²) < 4.78 is -0.205. The van der Waals surface area contributed by atoms with Crippen LogP contribution in [0.25, 0.3) is 0 Å². The van der Waals surface area contributed by atoms with Crippen molar-refractivity contribution in [2.75, 3.05) is 0 Å². The van der Waals surface area contributed by atoms with Gasteiger partial charge in [-0.15, -0.1) is 0 Å². The summed E-state index contributed by atoms with van der Waals surface area (Å²) in [4.78, 5) is 5.69. The highest BCUT2D eigenvalue weighted by Gasteiger charge is 2.24. The minimum absolute atomic E-state index is 0.205. The fourth-order valence-corrected chi connectivity index (χ4v) is 3.32. The number of aliphatic hydroxyl groups is 1. The molecule has 0 aromatic heterocycles. The van der Waals surface area contributed by atoms with Crippen molar-refractivity contribution in [3.63, 3.8) is 0 Å². The Balaban J connectivity index is 1.74. The van der Waals surface area contributed by atoms with Crippen LogP contribution >= 0.6 is 22.6 Å². The van der Waals surface area contributed by atoms with Gasteiger partial charge in [0.05, 0.1) is 12.2 Å². The first kappa shape index (κ1) is 17.1. The lowest BCUT2D eigenvalue weighted by Gasteiger charge is -2.27. The maximum Gasteiger partial charge on any atom is 0.111 e. The van der Waals surface area contributed by atoms with Crippen molar-refractivity contribution >= 4 is 22.6 Å². The molecule has 1 saturated carbocycles. The molecule has 0 heterocycles. The van der Waals surface area contributed by atoms with E-state index in [9.17, 15) is 5.11 Å². The fourth-order valence-electron chi connectivity index (χ4n) is 2.64. The second kappa shape index (κ2) is 9.05. The van der Waals surface area contributed by atoms with Crippen LogP contribution in [0.1, 0.15) is 37.7 Å². The highest BCUT2D eigenvalue weighted by Crippen LogP contribution is 2.20. The third kappa shape index (κ3) is 5.83. The van der Waals surface area contributed by atoms with Crippen molar-refractivity contribution in [2.24, 2.45) is 5.73 Å². The zero-order valence-corrected chi connectivity index (χ0v) is 14.4. The Kier molecular flexibility index (Phi) is 7.39. The van der Waals surface area contributed by atoms with Crippen molar-refractivity contribution in [3.8, 4) is 0 Å². The molecule has 0 saturated heterocycles. The number of halogens is 1. The van der Waals surface area contributed by atoms with E-state index in [0.29, 0.717) is 6.42 Å². The average molecular weight is 404 g/mol. The maximum absolute atomic E-state index is 10.3. The predicted molar refractivity (Wildman–Crippen MR) is 93.0 cm³/mol. The van der Waals surface area contributed by atoms with Crippen LogP contribution in [0.3, 0.4) is 0 Å². The summed E-state index contributed by atoms with van der Waals surface area (Å²) in [7, 11) is 0. The maximum atomic E-state index is 10.3. The third-order valence-electron chi connectivity index (χ3n) is 3.95. The van der Waals surface area contributed by atoms with E-state index in [-0.39, 0.29) is 16.2 Å². The third-order valence-corrected chi connectivity index (χ3v) is 4.94. The zero-order chi connectivity index (χ0) is 15.1. The van der Waals surface area contributed by atoms with Gasteiger partial charge in [0.2, 0.25) is 0 Å². The molecule has 0 aliphatic heterocycles. The first-order valence-electron chi connectivity index (χ1n) is 7.69. The number of nitrogens with two attached hydrogens (primary N) is 1. The summed E-state index contributed by atoms with van der Waals surface area (Å²) in [6.45, 7) is 0. The number of aliphatic hydroxyl groups excluding tert-OH is 1. The Morgan fingerprint density at radius 2 is 1.90 bits per heavy atom. The van der Waals surface area contributed by atoms with Gasteiger partial charge in [0, 0.05) is 6.04 Å². The first-order chi connectivity index (χ1) is 10.2. The van der Waals surface area contributed by atoms with E-state index >= 15 is 0 Å². The lowest BCUT2D eigenvalue weighted by atomic mass is 9.98. The van der Waals surface area contributed by atoms with Gasteiger partial charge in [-0.2, -0.15) is 5.48 Å². The molecule has 4 N–H and O–H groups in total. The molecule has 1 unspecified atom stereocenters. The predicted octanol–water partition coefficient (Wildman–Crippen LogP) is 2.53. The van der Waals surface area contributed by atoms with Gasteiger partial charge < -0.3 is 10.8 Å². The van der Waals surface area contributed by atoms with Crippen LogP contribution in [0.4, 0.5) is 0 Å². The van der Waals surface area contributed by atoms with Crippen LogP contribution in [0, 0.1) is 0 Å². The Bertz CT molecular complexity index is 399. The second-order valence-corrected chi connectivity index (χ2v) is 7.08. The standard InChI is InChI=1S/C16H25IN2O2/c17-16(19-21-13-9-5-2-6-10-13)15(20)14(18)11-12-7-3-1-4-8-12/h1,3-4,7-8,13-16,19-20H,2,5-6,9-11,18H2/t14-,15+,16?/m0/s1. The SMILES string of the molecule is N[C@@H](Cc1ccccc1)[C@@H](O)C(I)NOC1CCCCC1. The number of hydroxylamine groups is 1. The van der Waals surface area contributed by atoms with Crippen LogP contribution in [0.15, 0.2) is 30.3 Å². The van der Waals surface area contributed by atoms with Crippen LogP contribution in [0.2, 0.25) is 0 Å². The summed E-state index contributed by atoms with van der Waals surface area (Å²) in [5, 5.41) is 10.3. The number of hydrogen-bond acceptors (Lipinski definition) is 4. The monoisotopic (exact) mass is 404 g/mol. The van der Waals surface area contributed by atoms with E-state index in [1.807, 2.05) is 30.3 Å². The molecule has 3 atom stereocenters. The minimum Gasteiger partial charge on any atom is -0.389 e. The summed E-state index contributed by atoms with van der Waals surface area (Å²) in [5.74, 6) is 0. The Labute approximate surface area is 140 Å². The molecular formula is C16H25IN2O2. The van der Waals surface area contributed by atoms with Crippen molar-refractivity contribution < 1.29 is 9.94 Å². The van der Waals surface area contributed by atoms with Gasteiger partial charge in [0.1, 0.15) is 4.05 Å². The highest BCUT2D eigenvalue weighted by molar-refractivity contribution is 14.1. The quantitative estimate of drug-likeness (QED) is 0.283. The van der Waals surface area contributed by atoms with E-state index in [1.165, 1.54) is 19.3 Å². The van der Waals surface area contributed by atoms with Crippen molar-refractivity contribution in [3.05, 3.63) is 35.9 Å². The second-order valence-electron chi connectivity index (χ2n) is 5.74. The largest absolute Gasteiger partial charge is 0.389 e. The smallest absolute Gasteiger partial charge is 0.111 e. The van der Waals surface area contributed by atoms with Gasteiger partial charge in [-0.05, 0) is 24.8 Å². The molecule has 0 amide bonds. The van der Waals surface area contributed by atoms with E-state index in [4.69, 9.17) is 10.6 Å². The van der Waals surface area contributed by atoms with Gasteiger partial charge in [-0.25, -0.2) is 0 Å². The van der Waals surface area contributed by atoms with Crippen molar-refractivity contribution in [2.45, 2.75) is 60.8 Å². The van der Waals surface area contributed by atoms with Crippen LogP contribution in [-0.2, 0) is 11.3 Å². The first-order valence-corrected chi connectivity index (χ1v) is 8.94. The van der Waals surface area contributed by atoms with E-state index < -0.39 is 6.10 Å². The van der Waals surface area contributed by atoms with Gasteiger partial charge in [-0.1, -0.05) is 72.2 Å². The summed E-state index contributed by atoms with van der Waals surface area (Å²) in [5.41, 5.74) is 10.2. The Hall–Kier alpha value is -0.210. The Morgan fingerprint density at radius 3 is 2.57 bits per heavy atom. The number of nitrogens with one attached hydrogen (secondary N) is 1. The molecule has 1 aromatic carbocycles. The molecule has 1 aliphatic rings. The minimum atomic E-state index is -0.644. The lowest BCUT2D eigenvalue weighted by Crippen LogP contribution is -2.48. The molecule has 1 aliphatic carbocycles. The van der Waals surface area contributed by atoms with Gasteiger partial charge in [0.25, 0.3) is 0 Å². The molecular weight excluding hydrogens is 379 g/mol. The lowest BCUT2D eigenvalue weighted by molar-refractivity contribution is -0.0612. The summed E-state index contributed by atoms with van der Waals surface area (Å²) in [6.07, 6.45) is 6.25. The molecule has 0 radical (unpaired) electrons. The number of alkyl halides is 1. The van der Waals surface area contributed by atoms with Crippen molar-refractivity contribution in [1.29, 1.82) is 0 Å². The molecule has 118 valence electrons. The van der Waals surface area contributed by atoms with E-state index in [2.05, 4.69) is 28.1 Å². The molecule has 1 aromatic rings. The van der Waals surface area contributed by atoms with Gasteiger partial charge in [0.15, 0.2) is 0 Å². The van der Waals surface area contributed by atoms with E-state index in [1.54, 1.807) is 0 Å². The number of hydrogen-bond donors (Lipinski definition) is 3. The van der Waals surface area contributed by atoms with Crippen LogP contribution in [0.5, 0.6) is 0 Å². The van der Waals surface area contributed by atoms with Crippen molar-refractivity contribution in [1.82, 2.24) is 5.48 Å². The topological polar surface area (TPSA) is 67.5 Å². The zero-order valence-electron chi connectivity index (χ0n) is 12.2. The molecule has 0 bridgehead atoms. The summed E-state index contributed by atoms with van der Waals surface area (Å²) >= 11 is 2.16.